The predicted molar refractivity (Wildman–Crippen MR) is 113 cm³/mol. The van der Waals surface area contributed by atoms with E-state index in [0.717, 1.165) is 75.3 Å². The van der Waals surface area contributed by atoms with Gasteiger partial charge in [-0.25, -0.2) is 4.79 Å². The second-order valence-corrected chi connectivity index (χ2v) is 8.86. The van der Waals surface area contributed by atoms with Gasteiger partial charge in [-0.2, -0.15) is 13.2 Å². The first-order valence-electron chi connectivity index (χ1n) is 11.0. The quantitative estimate of drug-likeness (QED) is 0.708. The molecule has 2 saturated heterocycles. The fourth-order valence-corrected chi connectivity index (χ4v) is 4.99. The summed E-state index contributed by atoms with van der Waals surface area (Å²) in [6, 6.07) is 5.35. The van der Waals surface area contributed by atoms with E-state index in [2.05, 4.69) is 22.0 Å². The average molecular weight is 438 g/mol. The van der Waals surface area contributed by atoms with Crippen molar-refractivity contribution in [2.45, 2.75) is 50.9 Å². The molecule has 1 spiro atoms. The molecule has 5 nitrogen and oxygen atoms in total. The standard InChI is InChI=1S/C23H30F3N3O2/c1-3-28-12-9-22(10-13-28)20(16(2)21(30)31-22)15-29-11-8-19(14-29)27-18-6-4-17(5-7-18)23(24,25)26/h4-7,19,27H,3,8-15H2,1-2H3. The van der Waals surface area contributed by atoms with Gasteiger partial charge in [0.2, 0.25) is 0 Å². The summed E-state index contributed by atoms with van der Waals surface area (Å²) in [5, 5.41) is 3.35. The zero-order chi connectivity index (χ0) is 22.2. The molecule has 3 aliphatic rings. The Kier molecular flexibility index (Phi) is 6.05. The number of rotatable bonds is 5. The summed E-state index contributed by atoms with van der Waals surface area (Å²) in [7, 11) is 0. The van der Waals surface area contributed by atoms with E-state index in [-0.39, 0.29) is 12.0 Å². The first-order valence-corrected chi connectivity index (χ1v) is 11.0. The van der Waals surface area contributed by atoms with E-state index >= 15 is 0 Å². The average Bonchev–Trinajstić information content (AvgIpc) is 3.26. The fraction of sp³-hybridized carbons (Fsp3) is 0.609. The van der Waals surface area contributed by atoms with Crippen molar-refractivity contribution < 1.29 is 22.7 Å². The van der Waals surface area contributed by atoms with Crippen LogP contribution < -0.4 is 5.32 Å². The number of carbonyl (C=O) groups excluding carboxylic acids is 1. The van der Waals surface area contributed by atoms with Crippen LogP contribution in [0, 0.1) is 0 Å². The number of likely N-dealkylation sites (tertiary alicyclic amines) is 2. The highest BCUT2D eigenvalue weighted by Crippen LogP contribution is 2.41. The van der Waals surface area contributed by atoms with E-state index in [1.807, 2.05) is 6.92 Å². The monoisotopic (exact) mass is 437 g/mol. The van der Waals surface area contributed by atoms with Crippen LogP contribution in [0.2, 0.25) is 0 Å². The van der Waals surface area contributed by atoms with E-state index in [0.29, 0.717) is 12.2 Å². The van der Waals surface area contributed by atoms with Crippen molar-refractivity contribution in [1.82, 2.24) is 9.80 Å². The Morgan fingerprint density at radius 3 is 2.42 bits per heavy atom. The molecule has 0 radical (unpaired) electrons. The Balaban J connectivity index is 1.37. The summed E-state index contributed by atoms with van der Waals surface area (Å²) in [4.78, 5) is 17.1. The Morgan fingerprint density at radius 1 is 1.13 bits per heavy atom. The molecule has 0 aromatic heterocycles. The van der Waals surface area contributed by atoms with Gasteiger partial charge in [0, 0.05) is 62.9 Å². The maximum absolute atomic E-state index is 12.8. The number of alkyl halides is 3. The molecule has 170 valence electrons. The topological polar surface area (TPSA) is 44.8 Å². The van der Waals surface area contributed by atoms with Crippen molar-refractivity contribution in [3.05, 3.63) is 41.0 Å². The Morgan fingerprint density at radius 2 is 1.81 bits per heavy atom. The molecule has 31 heavy (non-hydrogen) atoms. The maximum Gasteiger partial charge on any atom is 0.416 e. The van der Waals surface area contributed by atoms with Gasteiger partial charge in [-0.05, 0) is 49.7 Å². The van der Waals surface area contributed by atoms with Crippen LogP contribution in [-0.4, -0.2) is 66.7 Å². The van der Waals surface area contributed by atoms with Gasteiger partial charge < -0.3 is 15.0 Å². The molecule has 1 aromatic rings. The SMILES string of the molecule is CCN1CCC2(CC1)OC(=O)C(C)=C2CN1CCC(Nc2ccc(C(F)(F)F)cc2)C1. The van der Waals surface area contributed by atoms with Crippen LogP contribution in [0.5, 0.6) is 0 Å². The smallest absolute Gasteiger partial charge is 0.416 e. The van der Waals surface area contributed by atoms with E-state index in [4.69, 9.17) is 4.74 Å². The van der Waals surface area contributed by atoms with Crippen LogP contribution >= 0.6 is 0 Å². The van der Waals surface area contributed by atoms with Crippen LogP contribution in [0.25, 0.3) is 0 Å². The first kappa shape index (κ1) is 22.1. The number of hydrogen-bond donors (Lipinski definition) is 1. The molecule has 1 unspecified atom stereocenters. The molecule has 3 aliphatic heterocycles. The van der Waals surface area contributed by atoms with Crippen LogP contribution in [-0.2, 0) is 15.7 Å². The summed E-state index contributed by atoms with van der Waals surface area (Å²) < 4.78 is 44.2. The number of halogens is 3. The lowest BCUT2D eigenvalue weighted by molar-refractivity contribution is -0.150. The van der Waals surface area contributed by atoms with Gasteiger partial charge in [0.05, 0.1) is 5.56 Å². The summed E-state index contributed by atoms with van der Waals surface area (Å²) in [5.41, 5.74) is 1.44. The predicted octanol–water partition coefficient (Wildman–Crippen LogP) is 3.92. The lowest BCUT2D eigenvalue weighted by Gasteiger charge is -2.40. The van der Waals surface area contributed by atoms with E-state index in [9.17, 15) is 18.0 Å². The fourth-order valence-electron chi connectivity index (χ4n) is 4.99. The number of carbonyl (C=O) groups is 1. The number of hydrogen-bond acceptors (Lipinski definition) is 5. The van der Waals surface area contributed by atoms with Crippen molar-refractivity contribution in [3.63, 3.8) is 0 Å². The first-order chi connectivity index (χ1) is 14.7. The third-order valence-electron chi connectivity index (χ3n) is 6.94. The zero-order valence-corrected chi connectivity index (χ0v) is 18.1. The summed E-state index contributed by atoms with van der Waals surface area (Å²) >= 11 is 0. The number of benzene rings is 1. The molecular formula is C23H30F3N3O2. The maximum atomic E-state index is 12.8. The molecule has 1 aromatic carbocycles. The van der Waals surface area contributed by atoms with Crippen molar-refractivity contribution >= 4 is 11.7 Å². The minimum Gasteiger partial charge on any atom is -0.451 e. The summed E-state index contributed by atoms with van der Waals surface area (Å²) in [6.07, 6.45) is -1.75. The van der Waals surface area contributed by atoms with Crippen molar-refractivity contribution in [2.24, 2.45) is 0 Å². The number of nitrogens with one attached hydrogen (secondary N) is 1. The zero-order valence-electron chi connectivity index (χ0n) is 18.1. The van der Waals surface area contributed by atoms with Gasteiger partial charge >= 0.3 is 12.1 Å². The van der Waals surface area contributed by atoms with E-state index in [1.165, 1.54) is 12.1 Å². The molecule has 3 heterocycles. The van der Waals surface area contributed by atoms with Gasteiger partial charge in [-0.1, -0.05) is 6.92 Å². The highest BCUT2D eigenvalue weighted by atomic mass is 19.4. The molecule has 0 amide bonds. The molecule has 0 bridgehead atoms. The second kappa shape index (κ2) is 8.47. The highest BCUT2D eigenvalue weighted by Gasteiger charge is 2.48. The highest BCUT2D eigenvalue weighted by molar-refractivity contribution is 5.92. The van der Waals surface area contributed by atoms with Crippen LogP contribution in [0.4, 0.5) is 18.9 Å². The van der Waals surface area contributed by atoms with Crippen LogP contribution in [0.1, 0.15) is 38.7 Å². The number of piperidine rings is 1. The normalized spacial score (nSPS) is 24.8. The lowest BCUT2D eigenvalue weighted by Crippen LogP contribution is -2.47. The molecule has 0 aliphatic carbocycles. The van der Waals surface area contributed by atoms with Crippen LogP contribution in [0.15, 0.2) is 35.4 Å². The second-order valence-electron chi connectivity index (χ2n) is 8.86. The van der Waals surface area contributed by atoms with Gasteiger partial charge in [0.15, 0.2) is 0 Å². The van der Waals surface area contributed by atoms with Gasteiger partial charge in [0.25, 0.3) is 0 Å². The largest absolute Gasteiger partial charge is 0.451 e. The molecule has 2 fully saturated rings. The van der Waals surface area contributed by atoms with Crippen molar-refractivity contribution in [2.75, 3.05) is 44.6 Å². The Labute approximate surface area is 181 Å². The Bertz CT molecular complexity index is 843. The third-order valence-corrected chi connectivity index (χ3v) is 6.94. The Hall–Kier alpha value is -2.06. The number of esters is 1. The lowest BCUT2D eigenvalue weighted by atomic mass is 9.83. The van der Waals surface area contributed by atoms with Crippen molar-refractivity contribution in [1.29, 1.82) is 0 Å². The van der Waals surface area contributed by atoms with Crippen molar-refractivity contribution in [3.8, 4) is 0 Å². The third kappa shape index (κ3) is 4.60. The molecular weight excluding hydrogens is 407 g/mol. The van der Waals surface area contributed by atoms with Crippen LogP contribution in [0.3, 0.4) is 0 Å². The van der Waals surface area contributed by atoms with Gasteiger partial charge in [-0.3, -0.25) is 4.90 Å². The van der Waals surface area contributed by atoms with E-state index < -0.39 is 17.3 Å². The summed E-state index contributed by atoms with van der Waals surface area (Å²) in [6.45, 7) is 9.24. The van der Waals surface area contributed by atoms with Gasteiger partial charge in [-0.15, -0.1) is 0 Å². The molecule has 4 rings (SSSR count). The summed E-state index contributed by atoms with van der Waals surface area (Å²) in [5.74, 6) is -0.196. The number of nitrogens with zero attached hydrogens (tertiary/aromatic N) is 2. The molecule has 1 atom stereocenters. The van der Waals surface area contributed by atoms with E-state index in [1.54, 1.807) is 0 Å². The number of ether oxygens (including phenoxy) is 1. The minimum absolute atomic E-state index is 0.161. The van der Waals surface area contributed by atoms with Gasteiger partial charge in [0.1, 0.15) is 5.60 Å². The molecule has 1 N–H and O–H groups in total. The molecule has 0 saturated carbocycles. The number of anilines is 1. The minimum atomic E-state index is -4.32. The molecule has 8 heteroatoms.